The number of amides is 2. The molecule has 5 nitrogen and oxygen atoms in total. The number of halogens is 1. The van der Waals surface area contributed by atoms with E-state index in [0.717, 1.165) is 17.4 Å². The van der Waals surface area contributed by atoms with Gasteiger partial charge < -0.3 is 15.4 Å². The highest BCUT2D eigenvalue weighted by Crippen LogP contribution is 2.59. The summed E-state index contributed by atoms with van der Waals surface area (Å²) < 4.78 is 6.03. The first-order valence-electron chi connectivity index (χ1n) is 9.86. The second-order valence-electron chi connectivity index (χ2n) is 8.46. The van der Waals surface area contributed by atoms with Crippen LogP contribution < -0.4 is 10.6 Å². The van der Waals surface area contributed by atoms with Crippen molar-refractivity contribution in [1.29, 1.82) is 0 Å². The second kappa shape index (κ2) is 7.44. The molecule has 0 unspecified atom stereocenters. The normalized spacial score (nSPS) is 33.7. The van der Waals surface area contributed by atoms with E-state index in [2.05, 4.69) is 10.6 Å². The molecule has 0 aromatic heterocycles. The predicted octanol–water partition coefficient (Wildman–Crippen LogP) is 2.91. The number of carbonyl (C=O) groups is 2. The summed E-state index contributed by atoms with van der Waals surface area (Å²) in [7, 11) is 1.76. The number of carbonyl (C=O) groups excluding carboxylic acids is 2. The molecule has 0 heterocycles. The number of rotatable bonds is 5. The van der Waals surface area contributed by atoms with E-state index in [1.165, 1.54) is 32.1 Å². The molecular weight excluding hydrogens is 364 g/mol. The Kier molecular flexibility index (Phi) is 5.17. The molecule has 146 valence electrons. The molecule has 1 aromatic carbocycles. The molecule has 0 aliphatic heterocycles. The van der Waals surface area contributed by atoms with Crippen molar-refractivity contribution < 1.29 is 14.3 Å². The van der Waals surface area contributed by atoms with Crippen molar-refractivity contribution in [3.8, 4) is 0 Å². The standard InChI is InChI=1S/C21H27ClN2O3/c1-27-21(16-7-14-6-15(9-16)10-17(21)8-14)12-24-20(26)19(25)23-11-13-2-4-18(22)5-3-13/h2-5,14-17H,6-12H2,1H3,(H,23,25)(H,24,26). The number of methoxy groups -OCH3 is 1. The van der Waals surface area contributed by atoms with Crippen molar-refractivity contribution in [3.05, 3.63) is 34.9 Å². The summed E-state index contributed by atoms with van der Waals surface area (Å²) in [5, 5.41) is 6.16. The summed E-state index contributed by atoms with van der Waals surface area (Å²) in [5.74, 6) is 1.45. The topological polar surface area (TPSA) is 67.4 Å². The summed E-state index contributed by atoms with van der Waals surface area (Å²) in [6.07, 6.45) is 6.14. The third-order valence-corrected chi connectivity index (χ3v) is 7.25. The number of hydrogen-bond donors (Lipinski definition) is 2. The molecule has 0 radical (unpaired) electrons. The third-order valence-electron chi connectivity index (χ3n) is 7.00. The molecule has 4 aliphatic rings. The molecule has 2 N–H and O–H groups in total. The fraction of sp³-hybridized carbons (Fsp3) is 0.619. The van der Waals surface area contributed by atoms with E-state index < -0.39 is 11.8 Å². The smallest absolute Gasteiger partial charge is 0.309 e. The van der Waals surface area contributed by atoms with Gasteiger partial charge in [-0.3, -0.25) is 9.59 Å². The molecule has 6 heteroatoms. The Morgan fingerprint density at radius 3 is 2.11 bits per heavy atom. The van der Waals surface area contributed by atoms with Crippen molar-refractivity contribution in [1.82, 2.24) is 10.6 Å². The van der Waals surface area contributed by atoms with Crippen LogP contribution >= 0.6 is 11.6 Å². The minimum atomic E-state index is -0.611. The average molecular weight is 391 g/mol. The fourth-order valence-corrected chi connectivity index (χ4v) is 5.97. The molecule has 1 aromatic rings. The molecule has 4 fully saturated rings. The van der Waals surface area contributed by atoms with E-state index in [9.17, 15) is 9.59 Å². The molecule has 2 amide bonds. The number of hydrogen-bond acceptors (Lipinski definition) is 3. The van der Waals surface area contributed by atoms with Crippen LogP contribution in [0.4, 0.5) is 0 Å². The molecule has 0 atom stereocenters. The lowest BCUT2D eigenvalue weighted by Gasteiger charge is -2.60. The van der Waals surface area contributed by atoms with Gasteiger partial charge >= 0.3 is 11.8 Å². The first kappa shape index (κ1) is 18.8. The lowest BCUT2D eigenvalue weighted by molar-refractivity contribution is -0.188. The molecule has 4 bridgehead atoms. The maximum Gasteiger partial charge on any atom is 0.309 e. The van der Waals surface area contributed by atoms with Crippen LogP contribution in [0.25, 0.3) is 0 Å². The molecule has 0 saturated heterocycles. The monoisotopic (exact) mass is 390 g/mol. The summed E-state index contributed by atoms with van der Waals surface area (Å²) in [6.45, 7) is 0.721. The number of benzene rings is 1. The Balaban J connectivity index is 1.32. The van der Waals surface area contributed by atoms with Gasteiger partial charge in [-0.25, -0.2) is 0 Å². The molecular formula is C21H27ClN2O3. The van der Waals surface area contributed by atoms with Crippen LogP contribution in [-0.2, 0) is 20.9 Å². The average Bonchev–Trinajstić information content (AvgIpc) is 2.66. The first-order valence-corrected chi connectivity index (χ1v) is 10.2. The minimum Gasteiger partial charge on any atom is -0.376 e. The highest BCUT2D eigenvalue weighted by molar-refractivity contribution is 6.35. The summed E-state index contributed by atoms with van der Waals surface area (Å²) in [4.78, 5) is 24.5. The SMILES string of the molecule is COC1(CNC(=O)C(=O)NCc2ccc(Cl)cc2)C2CC3CC(C2)CC1C3. The fourth-order valence-electron chi connectivity index (χ4n) is 5.84. The van der Waals surface area contributed by atoms with Crippen molar-refractivity contribution in [3.63, 3.8) is 0 Å². The molecule has 27 heavy (non-hydrogen) atoms. The van der Waals surface area contributed by atoms with Gasteiger partial charge in [0.15, 0.2) is 0 Å². The first-order chi connectivity index (χ1) is 13.0. The predicted molar refractivity (Wildman–Crippen MR) is 103 cm³/mol. The van der Waals surface area contributed by atoms with Crippen LogP contribution in [0.15, 0.2) is 24.3 Å². The molecule has 5 rings (SSSR count). The van der Waals surface area contributed by atoms with Gasteiger partial charge in [0.2, 0.25) is 0 Å². The highest BCUT2D eigenvalue weighted by atomic mass is 35.5. The zero-order chi connectivity index (χ0) is 19.0. The number of ether oxygens (including phenoxy) is 1. The zero-order valence-electron chi connectivity index (χ0n) is 15.7. The van der Waals surface area contributed by atoms with Gasteiger partial charge in [-0.2, -0.15) is 0 Å². The van der Waals surface area contributed by atoms with E-state index in [0.29, 0.717) is 29.9 Å². The van der Waals surface area contributed by atoms with Gasteiger partial charge in [0.1, 0.15) is 0 Å². The molecule has 0 spiro atoms. The van der Waals surface area contributed by atoms with Crippen molar-refractivity contribution in [2.45, 2.75) is 44.2 Å². The van der Waals surface area contributed by atoms with E-state index in [1.54, 1.807) is 19.2 Å². The van der Waals surface area contributed by atoms with Crippen LogP contribution in [0.5, 0.6) is 0 Å². The number of nitrogens with one attached hydrogen (secondary N) is 2. The Morgan fingerprint density at radius 2 is 1.56 bits per heavy atom. The van der Waals surface area contributed by atoms with Gasteiger partial charge in [0, 0.05) is 25.2 Å². The largest absolute Gasteiger partial charge is 0.376 e. The van der Waals surface area contributed by atoms with Crippen molar-refractivity contribution >= 4 is 23.4 Å². The van der Waals surface area contributed by atoms with Crippen LogP contribution in [-0.4, -0.2) is 31.1 Å². The zero-order valence-corrected chi connectivity index (χ0v) is 16.4. The lowest BCUT2D eigenvalue weighted by Crippen LogP contribution is -2.63. The Labute approximate surface area is 165 Å². The maximum absolute atomic E-state index is 12.3. The molecule has 4 aliphatic carbocycles. The minimum absolute atomic E-state index is 0.299. The van der Waals surface area contributed by atoms with Gasteiger partial charge in [-0.05, 0) is 73.5 Å². The van der Waals surface area contributed by atoms with Crippen LogP contribution in [0.1, 0.15) is 37.7 Å². The van der Waals surface area contributed by atoms with Gasteiger partial charge in [0.25, 0.3) is 0 Å². The van der Waals surface area contributed by atoms with Gasteiger partial charge in [0.05, 0.1) is 5.60 Å². The maximum atomic E-state index is 12.3. The Hall–Kier alpha value is -1.59. The van der Waals surface area contributed by atoms with Crippen LogP contribution in [0, 0.1) is 23.7 Å². The Bertz CT molecular complexity index is 691. The van der Waals surface area contributed by atoms with E-state index >= 15 is 0 Å². The van der Waals surface area contributed by atoms with E-state index in [1.807, 2.05) is 12.1 Å². The molecule has 4 saturated carbocycles. The summed E-state index contributed by atoms with van der Waals surface area (Å²) in [6, 6.07) is 7.18. The van der Waals surface area contributed by atoms with Crippen LogP contribution in [0.3, 0.4) is 0 Å². The van der Waals surface area contributed by atoms with Crippen LogP contribution in [0.2, 0.25) is 5.02 Å². The van der Waals surface area contributed by atoms with Gasteiger partial charge in [-0.1, -0.05) is 23.7 Å². The van der Waals surface area contributed by atoms with Gasteiger partial charge in [-0.15, -0.1) is 0 Å². The van der Waals surface area contributed by atoms with E-state index in [-0.39, 0.29) is 5.60 Å². The lowest BCUT2D eigenvalue weighted by atomic mass is 9.49. The highest BCUT2D eigenvalue weighted by Gasteiger charge is 2.57. The van der Waals surface area contributed by atoms with Crippen molar-refractivity contribution in [2.24, 2.45) is 23.7 Å². The Morgan fingerprint density at radius 1 is 1.00 bits per heavy atom. The summed E-state index contributed by atoms with van der Waals surface area (Å²) >= 11 is 5.86. The second-order valence-corrected chi connectivity index (χ2v) is 8.89. The quantitative estimate of drug-likeness (QED) is 0.759. The summed E-state index contributed by atoms with van der Waals surface area (Å²) in [5.41, 5.74) is 0.592. The third kappa shape index (κ3) is 3.59. The van der Waals surface area contributed by atoms with E-state index in [4.69, 9.17) is 16.3 Å². The van der Waals surface area contributed by atoms with Crippen molar-refractivity contribution in [2.75, 3.05) is 13.7 Å².